The molecule has 0 atom stereocenters. The molecule has 1 rings (SSSR count). The lowest BCUT2D eigenvalue weighted by Gasteiger charge is -2.24. The van der Waals surface area contributed by atoms with Crippen LogP contribution in [0.25, 0.3) is 0 Å². The fraction of sp³-hybridized carbons (Fsp3) is 0.556. The lowest BCUT2D eigenvalue weighted by molar-refractivity contribution is -0.132. The number of likely N-dealkylation sites (N-methyl/N-ethyl adjacent to an activating group) is 3. The van der Waals surface area contributed by atoms with Crippen LogP contribution in [0.1, 0.15) is 19.4 Å². The van der Waals surface area contributed by atoms with Crippen molar-refractivity contribution in [1.29, 1.82) is 0 Å². The van der Waals surface area contributed by atoms with Crippen molar-refractivity contribution in [2.75, 3.05) is 52.2 Å². The van der Waals surface area contributed by atoms with Crippen LogP contribution in [0, 0.1) is 0 Å². The minimum atomic E-state index is -0.0472. The zero-order valence-electron chi connectivity index (χ0n) is 15.5. The van der Waals surface area contributed by atoms with Gasteiger partial charge in [-0.2, -0.15) is 0 Å². The van der Waals surface area contributed by atoms with Crippen LogP contribution in [0.3, 0.4) is 0 Å². The molecule has 0 aromatic heterocycles. The summed E-state index contributed by atoms with van der Waals surface area (Å²) in [5, 5.41) is 2.76. The largest absolute Gasteiger partial charge is 0.378 e. The number of rotatable bonds is 9. The van der Waals surface area contributed by atoms with Gasteiger partial charge in [0.2, 0.25) is 11.8 Å². The standard InChI is InChI=1S/C18H30N4O2/c1-6-19-17(23)13-22(7-2)14-18(24)21(5)12-15-8-10-16(11-9-15)20(3)4/h8-11H,6-7,12-14H2,1-5H3,(H,19,23). The number of nitrogens with one attached hydrogen (secondary N) is 1. The highest BCUT2D eigenvalue weighted by Crippen LogP contribution is 2.13. The number of carbonyl (C=O) groups is 2. The van der Waals surface area contributed by atoms with Gasteiger partial charge in [0.25, 0.3) is 0 Å². The molecule has 0 aliphatic heterocycles. The normalized spacial score (nSPS) is 10.6. The molecule has 0 saturated heterocycles. The minimum Gasteiger partial charge on any atom is -0.378 e. The van der Waals surface area contributed by atoms with E-state index < -0.39 is 0 Å². The van der Waals surface area contributed by atoms with Gasteiger partial charge < -0.3 is 15.1 Å². The molecule has 1 aromatic carbocycles. The van der Waals surface area contributed by atoms with Crippen LogP contribution in [0.5, 0.6) is 0 Å². The van der Waals surface area contributed by atoms with Crippen molar-refractivity contribution in [3.8, 4) is 0 Å². The van der Waals surface area contributed by atoms with Crippen molar-refractivity contribution >= 4 is 17.5 Å². The summed E-state index contributed by atoms with van der Waals surface area (Å²) in [5.41, 5.74) is 2.22. The smallest absolute Gasteiger partial charge is 0.236 e. The minimum absolute atomic E-state index is 0.0119. The molecular formula is C18H30N4O2. The zero-order chi connectivity index (χ0) is 18.1. The lowest BCUT2D eigenvalue weighted by Crippen LogP contribution is -2.43. The van der Waals surface area contributed by atoms with E-state index in [-0.39, 0.29) is 24.9 Å². The average Bonchev–Trinajstić information content (AvgIpc) is 2.54. The molecule has 6 nitrogen and oxygen atoms in total. The maximum Gasteiger partial charge on any atom is 0.236 e. The predicted molar refractivity (Wildman–Crippen MR) is 98.0 cm³/mol. The van der Waals surface area contributed by atoms with Crippen LogP contribution in [0.15, 0.2) is 24.3 Å². The van der Waals surface area contributed by atoms with E-state index >= 15 is 0 Å². The van der Waals surface area contributed by atoms with E-state index in [2.05, 4.69) is 5.32 Å². The third-order valence-corrected chi connectivity index (χ3v) is 3.85. The first-order chi connectivity index (χ1) is 11.4. The summed E-state index contributed by atoms with van der Waals surface area (Å²) in [7, 11) is 5.79. The Morgan fingerprint density at radius 2 is 1.62 bits per heavy atom. The molecule has 0 fully saturated rings. The first-order valence-corrected chi connectivity index (χ1v) is 8.36. The fourth-order valence-corrected chi connectivity index (χ4v) is 2.31. The maximum atomic E-state index is 12.4. The summed E-state index contributed by atoms with van der Waals surface area (Å²) in [5.74, 6) is -0.0353. The van der Waals surface area contributed by atoms with Gasteiger partial charge >= 0.3 is 0 Å². The second-order valence-electron chi connectivity index (χ2n) is 6.07. The number of benzene rings is 1. The van der Waals surface area contributed by atoms with Crippen LogP contribution in [0.2, 0.25) is 0 Å². The molecule has 0 saturated carbocycles. The Hall–Kier alpha value is -2.08. The summed E-state index contributed by atoms with van der Waals surface area (Å²) < 4.78 is 0. The van der Waals surface area contributed by atoms with Crippen molar-refractivity contribution in [1.82, 2.24) is 15.1 Å². The molecule has 1 aromatic rings. The van der Waals surface area contributed by atoms with Gasteiger partial charge in [-0.3, -0.25) is 14.5 Å². The summed E-state index contributed by atoms with van der Waals surface area (Å²) in [4.78, 5) is 29.6. The van der Waals surface area contributed by atoms with E-state index in [4.69, 9.17) is 0 Å². The SMILES string of the molecule is CCNC(=O)CN(CC)CC(=O)N(C)Cc1ccc(N(C)C)cc1. The number of hydrogen-bond acceptors (Lipinski definition) is 4. The van der Waals surface area contributed by atoms with Crippen molar-refractivity contribution in [2.24, 2.45) is 0 Å². The highest BCUT2D eigenvalue weighted by atomic mass is 16.2. The van der Waals surface area contributed by atoms with Gasteiger partial charge in [-0.25, -0.2) is 0 Å². The Bertz CT molecular complexity index is 528. The summed E-state index contributed by atoms with van der Waals surface area (Å²) in [6.45, 7) is 6.16. The summed E-state index contributed by atoms with van der Waals surface area (Å²) in [6.07, 6.45) is 0. The number of anilines is 1. The number of hydrogen-bond donors (Lipinski definition) is 1. The fourth-order valence-electron chi connectivity index (χ4n) is 2.31. The lowest BCUT2D eigenvalue weighted by atomic mass is 10.2. The van der Waals surface area contributed by atoms with Gasteiger partial charge in [-0.1, -0.05) is 19.1 Å². The third kappa shape index (κ3) is 6.58. The molecule has 0 spiro atoms. The molecule has 24 heavy (non-hydrogen) atoms. The van der Waals surface area contributed by atoms with Crippen molar-refractivity contribution in [3.05, 3.63) is 29.8 Å². The highest BCUT2D eigenvalue weighted by molar-refractivity contribution is 5.81. The van der Waals surface area contributed by atoms with E-state index in [9.17, 15) is 9.59 Å². The van der Waals surface area contributed by atoms with Crippen molar-refractivity contribution < 1.29 is 9.59 Å². The van der Waals surface area contributed by atoms with Crippen molar-refractivity contribution in [2.45, 2.75) is 20.4 Å². The van der Waals surface area contributed by atoms with E-state index in [0.717, 1.165) is 11.3 Å². The Morgan fingerprint density at radius 3 is 2.12 bits per heavy atom. The molecule has 0 unspecified atom stereocenters. The molecule has 1 N–H and O–H groups in total. The first kappa shape index (κ1) is 20.0. The van der Waals surface area contributed by atoms with Crippen LogP contribution in [-0.2, 0) is 16.1 Å². The monoisotopic (exact) mass is 334 g/mol. The third-order valence-electron chi connectivity index (χ3n) is 3.85. The van der Waals surface area contributed by atoms with Gasteiger partial charge in [0.1, 0.15) is 0 Å². The Kier molecular flexibility index (Phi) is 8.26. The quantitative estimate of drug-likeness (QED) is 0.736. The van der Waals surface area contributed by atoms with E-state index in [1.165, 1.54) is 0 Å². The molecule has 2 amide bonds. The molecule has 0 heterocycles. The number of carbonyl (C=O) groups excluding carboxylic acids is 2. The first-order valence-electron chi connectivity index (χ1n) is 8.36. The topological polar surface area (TPSA) is 55.9 Å². The van der Waals surface area contributed by atoms with Gasteiger partial charge in [0.05, 0.1) is 13.1 Å². The molecule has 0 aliphatic rings. The van der Waals surface area contributed by atoms with Crippen LogP contribution in [-0.4, -0.2) is 68.9 Å². The second-order valence-corrected chi connectivity index (χ2v) is 6.07. The average molecular weight is 334 g/mol. The van der Waals surface area contributed by atoms with Crippen LogP contribution < -0.4 is 10.2 Å². The Labute approximate surface area is 145 Å². The van der Waals surface area contributed by atoms with E-state index in [0.29, 0.717) is 19.6 Å². The van der Waals surface area contributed by atoms with Crippen molar-refractivity contribution in [3.63, 3.8) is 0 Å². The summed E-state index contributed by atoms with van der Waals surface area (Å²) >= 11 is 0. The Balaban J connectivity index is 2.55. The van der Waals surface area contributed by atoms with Gasteiger partial charge in [-0.05, 0) is 31.2 Å². The number of amides is 2. The molecule has 134 valence electrons. The van der Waals surface area contributed by atoms with E-state index in [1.54, 1.807) is 11.9 Å². The Morgan fingerprint density at radius 1 is 1.00 bits per heavy atom. The van der Waals surface area contributed by atoms with Gasteiger partial charge in [-0.15, -0.1) is 0 Å². The van der Waals surface area contributed by atoms with Crippen LogP contribution in [0.4, 0.5) is 5.69 Å². The predicted octanol–water partition coefficient (Wildman–Crippen LogP) is 1.17. The molecule has 6 heteroatoms. The summed E-state index contributed by atoms with van der Waals surface area (Å²) in [6, 6.07) is 8.15. The number of nitrogens with zero attached hydrogens (tertiary/aromatic N) is 3. The van der Waals surface area contributed by atoms with Gasteiger partial charge in [0.15, 0.2) is 0 Å². The van der Waals surface area contributed by atoms with Gasteiger partial charge in [0, 0.05) is 39.9 Å². The van der Waals surface area contributed by atoms with Crippen LogP contribution >= 0.6 is 0 Å². The zero-order valence-corrected chi connectivity index (χ0v) is 15.5. The molecule has 0 radical (unpaired) electrons. The highest BCUT2D eigenvalue weighted by Gasteiger charge is 2.16. The molecule has 0 bridgehead atoms. The molecule has 0 aliphatic carbocycles. The molecular weight excluding hydrogens is 304 g/mol. The van der Waals surface area contributed by atoms with E-state index in [1.807, 2.05) is 62.0 Å². The maximum absolute atomic E-state index is 12.4. The second kappa shape index (κ2) is 9.93.